The molecule has 0 aliphatic heterocycles. The van der Waals surface area contributed by atoms with Gasteiger partial charge in [-0.15, -0.1) is 5.10 Å². The van der Waals surface area contributed by atoms with E-state index >= 15 is 0 Å². The van der Waals surface area contributed by atoms with E-state index in [4.69, 9.17) is 22.1 Å². The van der Waals surface area contributed by atoms with Crippen LogP contribution in [-0.4, -0.2) is 254 Å². The zero-order valence-corrected chi connectivity index (χ0v) is 79.3. The van der Waals surface area contributed by atoms with E-state index < -0.39 is 62.9 Å². The third-order valence-electron chi connectivity index (χ3n) is 21.1. The molecule has 17 rings (SSSR count). The molecule has 42 nitrogen and oxygen atoms in total. The maximum atomic E-state index is 14.1. The molecule has 0 radical (unpaired) electrons. The summed E-state index contributed by atoms with van der Waals surface area (Å²) in [5.41, 5.74) is 9.22. The number of amides is 8. The number of halogens is 12. The van der Waals surface area contributed by atoms with Gasteiger partial charge < -0.3 is 65.5 Å². The molecule has 8 amide bonds. The molecule has 144 heavy (non-hydrogen) atoms. The molecule has 12 aromatic heterocycles. The molecule has 1 unspecified atom stereocenters. The number of nitrogens with one attached hydrogen (secondary N) is 4. The molecule has 54 heteroatoms. The lowest BCUT2D eigenvalue weighted by atomic mass is 10.0. The topological polar surface area (TPSA) is 476 Å². The number of alkyl halides is 10. The summed E-state index contributed by atoms with van der Waals surface area (Å²) in [6.07, 6.45) is 20.7. The highest BCUT2D eigenvalue weighted by Crippen LogP contribution is 2.50. The molecular formula is C90H80ClF10IN30O12. The highest BCUT2D eigenvalue weighted by molar-refractivity contribution is 14.1. The van der Waals surface area contributed by atoms with Crippen LogP contribution in [0.5, 0.6) is 23.0 Å². The standard InChI is InChI=1S/C25H22F2N8O3.C23H21F4N7O3.C21H19ClF2N8O3.C21H18F2IN7O3/c1-33(2)21(36)13-34-12-19(31-24(37)18-11-30-35-7-3-6-29-23(18)35)22(32-34)17-8-14(16-9-15(16)10-28)4-5-20(17)38-25(26)27;1-32(2)19(35)12-33-11-17(30-22(36)15-10-29-34-7-3-6-28-21(15)34)20(31-33)14-8-13(16(25)9-24)4-5-18(14)37-23(26)27;1-30(2)15(33)10-31-9-13(17(28-31)12-8-11(22)4-5-14(12)35-21(23)24)27-20(34)16-18(25)29-32-7-3-6-26-19(16)32;1-29(2)17(32)11-30-10-15(27-20(33)14-9-26-31-7-3-6-25-19(14)31)18(28-30)13-8-12(24)4-5-16(13)34-21(22)23/h3-8,11-12,15-16,25H,9,13H2,1-2H3,(H,31,37);3-8,10-11,16,23H,9,12H2,1-2H3,(H,30,36);3-9,21H,10H2,1-2H3,(H2,25,29)(H,27,34);3-10,21H,11H2,1-2H3,(H,27,33)/t15-,16-;;;/m0.../s1. The summed E-state index contributed by atoms with van der Waals surface area (Å²) < 4.78 is 162. The fraction of sp³-hybridized carbons (Fsp3) is 0.233. The molecule has 1 aliphatic rings. The zero-order chi connectivity index (χ0) is 103. The number of fused-ring (bicyclic) bond motifs is 4. The minimum absolute atomic E-state index is 0.00115. The number of nitrogens with two attached hydrogens (primary N) is 1. The monoisotopic (exact) mass is 2120 g/mol. The van der Waals surface area contributed by atoms with Gasteiger partial charge in [-0.25, -0.2) is 46.8 Å². The Balaban J connectivity index is 0.000000152. The average molecular weight is 2130 g/mol. The lowest BCUT2D eigenvalue weighted by Gasteiger charge is -2.14. The van der Waals surface area contributed by atoms with Gasteiger partial charge in [0, 0.05) is 168 Å². The highest BCUT2D eigenvalue weighted by Gasteiger charge is 2.40. The summed E-state index contributed by atoms with van der Waals surface area (Å²) in [5, 5.41) is 54.0. The van der Waals surface area contributed by atoms with Gasteiger partial charge in [-0.1, -0.05) is 23.7 Å². The van der Waals surface area contributed by atoms with E-state index in [0.29, 0.717) is 17.7 Å². The molecule has 0 saturated heterocycles. The lowest BCUT2D eigenvalue weighted by Crippen LogP contribution is -2.26. The number of hydrogen-bond acceptors (Lipinski definition) is 26. The molecule has 1 saturated carbocycles. The summed E-state index contributed by atoms with van der Waals surface area (Å²) >= 11 is 8.13. The summed E-state index contributed by atoms with van der Waals surface area (Å²) in [4.78, 5) is 124. The molecule has 16 aromatic rings. The Labute approximate surface area is 824 Å². The van der Waals surface area contributed by atoms with Crippen molar-refractivity contribution in [3.8, 4) is 74.1 Å². The number of likely N-dealkylation sites (N-methyl/N-ethyl adjacent to an activating group) is 4. The van der Waals surface area contributed by atoms with Crippen molar-refractivity contribution in [3.05, 3.63) is 232 Å². The molecule has 746 valence electrons. The normalized spacial score (nSPS) is 12.7. The Bertz CT molecular complexity index is 7540. The lowest BCUT2D eigenvalue weighted by molar-refractivity contribution is -0.130. The third-order valence-corrected chi connectivity index (χ3v) is 22.0. The van der Waals surface area contributed by atoms with Gasteiger partial charge in [0.25, 0.3) is 23.6 Å². The van der Waals surface area contributed by atoms with Gasteiger partial charge in [0.2, 0.25) is 23.6 Å². The van der Waals surface area contributed by atoms with Crippen molar-refractivity contribution < 1.29 is 101 Å². The fourth-order valence-electron chi connectivity index (χ4n) is 14.0. The van der Waals surface area contributed by atoms with Crippen molar-refractivity contribution in [1.29, 1.82) is 5.26 Å². The number of carbonyl (C=O) groups is 8. The first kappa shape index (κ1) is 103. The first-order valence-electron chi connectivity index (χ1n) is 42.4. The quantitative estimate of drug-likeness (QED) is 0.0199. The van der Waals surface area contributed by atoms with Gasteiger partial charge in [-0.2, -0.15) is 76.1 Å². The highest BCUT2D eigenvalue weighted by atomic mass is 127. The Morgan fingerprint density at radius 2 is 0.785 bits per heavy atom. The average Bonchev–Trinajstić information content (AvgIpc) is 1.62. The largest absolute Gasteiger partial charge is 0.434 e. The van der Waals surface area contributed by atoms with Crippen LogP contribution in [0.1, 0.15) is 71.1 Å². The van der Waals surface area contributed by atoms with Crippen LogP contribution in [0, 0.1) is 20.8 Å². The van der Waals surface area contributed by atoms with Gasteiger partial charge in [0.1, 0.15) is 101 Å². The first-order valence-corrected chi connectivity index (χ1v) is 43.8. The number of ether oxygens (including phenoxy) is 4. The Morgan fingerprint density at radius 1 is 0.451 bits per heavy atom. The molecule has 0 spiro atoms. The van der Waals surface area contributed by atoms with Gasteiger partial charge in [0.15, 0.2) is 34.6 Å². The number of benzene rings is 4. The van der Waals surface area contributed by atoms with Crippen LogP contribution in [0.15, 0.2) is 190 Å². The van der Waals surface area contributed by atoms with E-state index in [1.165, 1.54) is 169 Å². The van der Waals surface area contributed by atoms with Gasteiger partial charge in [0.05, 0.1) is 53.3 Å². The Hall–Kier alpha value is -17.2. The second-order valence-corrected chi connectivity index (χ2v) is 33.5. The van der Waals surface area contributed by atoms with Gasteiger partial charge in [-0.3, -0.25) is 57.1 Å². The summed E-state index contributed by atoms with van der Waals surface area (Å²) in [5.74, 6) is -4.73. The van der Waals surface area contributed by atoms with E-state index in [1.54, 1.807) is 116 Å². The number of rotatable bonds is 31. The summed E-state index contributed by atoms with van der Waals surface area (Å²) in [7, 11) is 12.6. The number of nitrogen functional groups attached to an aromatic ring is 1. The van der Waals surface area contributed by atoms with Crippen molar-refractivity contribution >= 4 is 133 Å². The number of aromatic nitrogens is 20. The predicted molar refractivity (Wildman–Crippen MR) is 504 cm³/mol. The van der Waals surface area contributed by atoms with E-state index in [-0.39, 0.29) is 202 Å². The number of anilines is 5. The van der Waals surface area contributed by atoms with E-state index in [9.17, 15) is 87.5 Å². The molecular weight excluding hydrogens is 2050 g/mol. The Kier molecular flexibility index (Phi) is 32.0. The van der Waals surface area contributed by atoms with Crippen molar-refractivity contribution in [1.82, 2.24) is 117 Å². The van der Waals surface area contributed by atoms with Crippen molar-refractivity contribution in [2.24, 2.45) is 5.92 Å². The molecule has 1 fully saturated rings. The molecule has 1 aliphatic carbocycles. The number of nitrogens with zero attached hydrogens (tertiary/aromatic N) is 25. The fourth-order valence-corrected chi connectivity index (χ4v) is 14.6. The van der Waals surface area contributed by atoms with Crippen molar-refractivity contribution in [2.45, 2.75) is 71.1 Å². The molecule has 0 bridgehead atoms. The van der Waals surface area contributed by atoms with Crippen LogP contribution < -0.4 is 45.9 Å². The zero-order valence-electron chi connectivity index (χ0n) is 76.4. The predicted octanol–water partition coefficient (Wildman–Crippen LogP) is 12.6. The molecule has 12 heterocycles. The number of hydrogen-bond donors (Lipinski definition) is 5. The van der Waals surface area contributed by atoms with E-state index in [0.717, 1.165) is 27.3 Å². The molecule has 4 aromatic carbocycles. The minimum atomic E-state index is -3.23. The Morgan fingerprint density at radius 3 is 1.15 bits per heavy atom. The van der Waals surface area contributed by atoms with Crippen LogP contribution in [0.3, 0.4) is 0 Å². The van der Waals surface area contributed by atoms with Gasteiger partial charge in [-0.05, 0) is 125 Å². The van der Waals surface area contributed by atoms with Crippen molar-refractivity contribution in [3.63, 3.8) is 0 Å². The van der Waals surface area contributed by atoms with Crippen molar-refractivity contribution in [2.75, 3.05) is 90.1 Å². The minimum Gasteiger partial charge on any atom is -0.434 e. The van der Waals surface area contributed by atoms with Crippen LogP contribution in [0.25, 0.3) is 67.6 Å². The van der Waals surface area contributed by atoms with Crippen LogP contribution >= 0.6 is 34.2 Å². The maximum Gasteiger partial charge on any atom is 0.387 e. The smallest absolute Gasteiger partial charge is 0.387 e. The third kappa shape index (κ3) is 24.4. The summed E-state index contributed by atoms with van der Waals surface area (Å²) in [6.45, 7) is -14.6. The summed E-state index contributed by atoms with van der Waals surface area (Å²) in [6, 6.07) is 25.3. The number of nitriles is 1. The van der Waals surface area contributed by atoms with Crippen LogP contribution in [0.4, 0.5) is 72.5 Å². The number of carbonyl (C=O) groups excluding carboxylic acids is 8. The SMILES string of the molecule is CN(C)C(=O)Cn1cc(NC(=O)c2c(N)nn3cccnc23)c(-c2cc(Cl)ccc2OC(F)F)n1.CN(C)C(=O)Cn1cc(NC(=O)c2cnn3cccnc23)c(-c2cc(C(F)CF)ccc2OC(F)F)n1.CN(C)C(=O)Cn1cc(NC(=O)c2cnn3cccnc23)c(-c2cc(I)ccc2OC(F)F)n1.CN(C)C(=O)Cn1cc(NC(=O)c2cnn3cccnc23)c(-c2cc([C@@H]3C[C@H]3C#N)ccc2OC(F)F)n1. The van der Waals surface area contributed by atoms with Crippen LogP contribution in [-0.2, 0) is 45.4 Å². The van der Waals surface area contributed by atoms with E-state index in [1.807, 2.05) is 22.6 Å². The second kappa shape index (κ2) is 44.9. The second-order valence-electron chi connectivity index (χ2n) is 31.8. The molecule has 3 atom stereocenters. The molecule has 6 N–H and O–H groups in total. The first-order chi connectivity index (χ1) is 68.8. The maximum absolute atomic E-state index is 14.1. The van der Waals surface area contributed by atoms with Crippen LogP contribution in [0.2, 0.25) is 5.02 Å². The van der Waals surface area contributed by atoms with E-state index in [2.05, 4.69) is 102 Å². The van der Waals surface area contributed by atoms with Gasteiger partial charge >= 0.3 is 26.4 Å².